The average molecular weight is 277 g/mol. The number of nitrogens with zero attached hydrogens (tertiary/aromatic N) is 1. The maximum absolute atomic E-state index is 6.02. The van der Waals surface area contributed by atoms with Gasteiger partial charge in [-0.15, -0.1) is 0 Å². The van der Waals surface area contributed by atoms with Gasteiger partial charge in [0.1, 0.15) is 0 Å². The molecule has 1 fully saturated rings. The number of anilines is 2. The lowest BCUT2D eigenvalue weighted by molar-refractivity contribution is 0.105. The number of ether oxygens (including phenoxy) is 1. The second kappa shape index (κ2) is 5.15. The van der Waals surface area contributed by atoms with E-state index in [1.54, 1.807) is 13.2 Å². The second-order valence-electron chi connectivity index (χ2n) is 7.55. The predicted molar refractivity (Wildman–Crippen MR) is 84.0 cm³/mol. The van der Waals surface area contributed by atoms with Crippen LogP contribution in [0.2, 0.25) is 0 Å². The molecule has 0 radical (unpaired) electrons. The summed E-state index contributed by atoms with van der Waals surface area (Å²) in [7, 11) is 1.62. The van der Waals surface area contributed by atoms with Crippen LogP contribution in [-0.4, -0.2) is 18.1 Å². The molecule has 0 atom stereocenters. The lowest BCUT2D eigenvalue weighted by atomic mass is 9.63. The van der Waals surface area contributed by atoms with Crippen LogP contribution in [0.25, 0.3) is 0 Å². The van der Waals surface area contributed by atoms with Crippen molar-refractivity contribution >= 4 is 11.5 Å². The summed E-state index contributed by atoms with van der Waals surface area (Å²) in [6.07, 6.45) is 3.52. The molecule has 0 unspecified atom stereocenters. The third-order valence-electron chi connectivity index (χ3n) is 4.01. The Morgan fingerprint density at radius 2 is 1.80 bits per heavy atom. The Bertz CT molecular complexity index is 467. The molecule has 3 N–H and O–H groups in total. The molecular formula is C16H27N3O. The van der Waals surface area contributed by atoms with Crippen LogP contribution in [0.15, 0.2) is 12.1 Å². The summed E-state index contributed by atoms with van der Waals surface area (Å²) in [5, 5.41) is 3.52. The SMILES string of the molecule is COc1ccc(N)c(NC2CC(C)(C)CC(C)(C)C2)n1. The van der Waals surface area contributed by atoms with Crippen LogP contribution in [0, 0.1) is 10.8 Å². The molecule has 20 heavy (non-hydrogen) atoms. The molecule has 2 rings (SSSR count). The van der Waals surface area contributed by atoms with Crippen molar-refractivity contribution in [3.63, 3.8) is 0 Å². The van der Waals surface area contributed by atoms with E-state index >= 15 is 0 Å². The average Bonchev–Trinajstić information content (AvgIpc) is 2.28. The fourth-order valence-corrected chi connectivity index (χ4v) is 3.82. The molecule has 1 heterocycles. The Morgan fingerprint density at radius 1 is 1.20 bits per heavy atom. The highest BCUT2D eigenvalue weighted by Crippen LogP contribution is 2.46. The Morgan fingerprint density at radius 3 is 2.35 bits per heavy atom. The van der Waals surface area contributed by atoms with Crippen molar-refractivity contribution in [3.05, 3.63) is 12.1 Å². The third kappa shape index (κ3) is 3.56. The highest BCUT2D eigenvalue weighted by atomic mass is 16.5. The molecule has 0 spiro atoms. The molecule has 1 aliphatic carbocycles. The van der Waals surface area contributed by atoms with Gasteiger partial charge in [0, 0.05) is 12.1 Å². The summed E-state index contributed by atoms with van der Waals surface area (Å²) in [6.45, 7) is 9.35. The first-order chi connectivity index (χ1) is 9.21. The molecule has 1 aliphatic rings. The molecule has 4 heteroatoms. The van der Waals surface area contributed by atoms with E-state index < -0.39 is 0 Å². The van der Waals surface area contributed by atoms with Crippen LogP contribution >= 0.6 is 0 Å². The number of rotatable bonds is 3. The summed E-state index contributed by atoms with van der Waals surface area (Å²) >= 11 is 0. The topological polar surface area (TPSA) is 60.2 Å². The van der Waals surface area contributed by atoms with Crippen molar-refractivity contribution in [3.8, 4) is 5.88 Å². The number of hydrogen-bond donors (Lipinski definition) is 2. The minimum absolute atomic E-state index is 0.340. The van der Waals surface area contributed by atoms with Crippen molar-refractivity contribution in [2.24, 2.45) is 10.8 Å². The molecule has 112 valence electrons. The zero-order valence-electron chi connectivity index (χ0n) is 13.3. The number of nitrogens with one attached hydrogen (secondary N) is 1. The second-order valence-corrected chi connectivity index (χ2v) is 7.55. The molecule has 0 aliphatic heterocycles. The quantitative estimate of drug-likeness (QED) is 0.884. The summed E-state index contributed by atoms with van der Waals surface area (Å²) < 4.78 is 5.17. The van der Waals surface area contributed by atoms with Crippen LogP contribution in [-0.2, 0) is 0 Å². The first-order valence-corrected chi connectivity index (χ1v) is 7.28. The van der Waals surface area contributed by atoms with Crippen molar-refractivity contribution in [1.82, 2.24) is 4.98 Å². The highest BCUT2D eigenvalue weighted by Gasteiger charge is 2.38. The minimum Gasteiger partial charge on any atom is -0.481 e. The largest absolute Gasteiger partial charge is 0.481 e. The van der Waals surface area contributed by atoms with Crippen molar-refractivity contribution < 1.29 is 4.74 Å². The maximum Gasteiger partial charge on any atom is 0.215 e. The standard InChI is InChI=1S/C16H27N3O/c1-15(2)8-11(9-16(3,4)10-15)18-14-12(17)6-7-13(19-14)20-5/h6-7,11H,8-10,17H2,1-5H3,(H,18,19). The summed E-state index contributed by atoms with van der Waals surface area (Å²) in [5.74, 6) is 1.33. The monoisotopic (exact) mass is 277 g/mol. The van der Waals surface area contributed by atoms with Gasteiger partial charge in [0.2, 0.25) is 5.88 Å². The lowest BCUT2D eigenvalue weighted by Crippen LogP contribution is -2.40. The molecule has 1 aromatic heterocycles. The van der Waals surface area contributed by atoms with Gasteiger partial charge in [-0.2, -0.15) is 4.98 Å². The van der Waals surface area contributed by atoms with Gasteiger partial charge < -0.3 is 15.8 Å². The normalized spacial score (nSPS) is 21.4. The first-order valence-electron chi connectivity index (χ1n) is 7.28. The van der Waals surface area contributed by atoms with E-state index in [0.29, 0.717) is 28.4 Å². The number of methoxy groups -OCH3 is 1. The van der Waals surface area contributed by atoms with Crippen molar-refractivity contribution in [2.45, 2.75) is 53.0 Å². The van der Waals surface area contributed by atoms with Gasteiger partial charge in [-0.05, 0) is 36.2 Å². The van der Waals surface area contributed by atoms with E-state index in [1.165, 1.54) is 6.42 Å². The molecule has 4 nitrogen and oxygen atoms in total. The van der Waals surface area contributed by atoms with E-state index in [-0.39, 0.29) is 0 Å². The number of nitrogens with two attached hydrogens (primary N) is 1. The third-order valence-corrected chi connectivity index (χ3v) is 4.01. The van der Waals surface area contributed by atoms with Gasteiger partial charge in [-0.25, -0.2) is 0 Å². The number of pyridine rings is 1. The Hall–Kier alpha value is -1.45. The van der Waals surface area contributed by atoms with Gasteiger partial charge in [0.15, 0.2) is 5.82 Å². The zero-order chi connectivity index (χ0) is 15.0. The van der Waals surface area contributed by atoms with E-state index in [0.717, 1.165) is 18.7 Å². The zero-order valence-corrected chi connectivity index (χ0v) is 13.3. The number of nitrogen functional groups attached to an aromatic ring is 1. The maximum atomic E-state index is 6.02. The molecule has 0 amide bonds. The van der Waals surface area contributed by atoms with E-state index in [2.05, 4.69) is 38.0 Å². The smallest absolute Gasteiger partial charge is 0.215 e. The van der Waals surface area contributed by atoms with Gasteiger partial charge in [0.05, 0.1) is 12.8 Å². The predicted octanol–water partition coefficient (Wildman–Crippen LogP) is 3.69. The fraction of sp³-hybridized carbons (Fsp3) is 0.688. The molecule has 0 aromatic carbocycles. The summed E-state index contributed by atoms with van der Waals surface area (Å²) in [6, 6.07) is 4.03. The van der Waals surface area contributed by atoms with E-state index in [1.807, 2.05) is 6.07 Å². The molecular weight excluding hydrogens is 250 g/mol. The Balaban J connectivity index is 2.17. The summed E-state index contributed by atoms with van der Waals surface area (Å²) in [5.41, 5.74) is 7.37. The van der Waals surface area contributed by atoms with Gasteiger partial charge in [-0.1, -0.05) is 27.7 Å². The molecule has 0 saturated heterocycles. The molecule has 1 saturated carbocycles. The van der Waals surface area contributed by atoms with Crippen LogP contribution in [0.5, 0.6) is 5.88 Å². The number of aromatic nitrogens is 1. The minimum atomic E-state index is 0.340. The number of hydrogen-bond acceptors (Lipinski definition) is 4. The van der Waals surface area contributed by atoms with Crippen LogP contribution in [0.1, 0.15) is 47.0 Å². The van der Waals surface area contributed by atoms with Gasteiger partial charge in [0.25, 0.3) is 0 Å². The first kappa shape index (κ1) is 14.9. The molecule has 0 bridgehead atoms. The van der Waals surface area contributed by atoms with Crippen molar-refractivity contribution in [2.75, 3.05) is 18.2 Å². The Labute approximate surface area is 122 Å². The highest BCUT2D eigenvalue weighted by molar-refractivity contribution is 5.62. The fourth-order valence-electron chi connectivity index (χ4n) is 3.82. The Kier molecular flexibility index (Phi) is 3.85. The van der Waals surface area contributed by atoms with E-state index in [9.17, 15) is 0 Å². The summed E-state index contributed by atoms with van der Waals surface area (Å²) in [4.78, 5) is 4.42. The molecule has 1 aromatic rings. The van der Waals surface area contributed by atoms with Crippen molar-refractivity contribution in [1.29, 1.82) is 0 Å². The lowest BCUT2D eigenvalue weighted by Gasteiger charge is -2.45. The van der Waals surface area contributed by atoms with Crippen LogP contribution in [0.3, 0.4) is 0 Å². The van der Waals surface area contributed by atoms with E-state index in [4.69, 9.17) is 10.5 Å². The van der Waals surface area contributed by atoms with Gasteiger partial charge in [-0.3, -0.25) is 0 Å². The van der Waals surface area contributed by atoms with Crippen LogP contribution in [0.4, 0.5) is 11.5 Å². The van der Waals surface area contributed by atoms with Crippen LogP contribution < -0.4 is 15.8 Å². The van der Waals surface area contributed by atoms with Gasteiger partial charge >= 0.3 is 0 Å².